The third kappa shape index (κ3) is 3.18. The van der Waals surface area contributed by atoms with Crippen LogP contribution in [0.1, 0.15) is 28.8 Å². The summed E-state index contributed by atoms with van der Waals surface area (Å²) in [6.07, 6.45) is 3.01. The van der Waals surface area contributed by atoms with Gasteiger partial charge in [0.2, 0.25) is 11.8 Å². The number of rotatable bonds is 4. The largest absolute Gasteiger partial charge is 0.369 e. The van der Waals surface area contributed by atoms with E-state index in [-0.39, 0.29) is 12.3 Å². The number of halogens is 1. The summed E-state index contributed by atoms with van der Waals surface area (Å²) in [5, 5.41) is 0.737. The molecule has 0 aliphatic carbocycles. The van der Waals surface area contributed by atoms with Gasteiger partial charge < -0.3 is 15.6 Å². The molecule has 0 unspecified atom stereocenters. The third-order valence-electron chi connectivity index (χ3n) is 5.91. The summed E-state index contributed by atoms with van der Waals surface area (Å²) >= 11 is 0. The molecule has 0 saturated carbocycles. The first-order valence-corrected chi connectivity index (χ1v) is 9.97. The van der Waals surface area contributed by atoms with E-state index in [1.54, 1.807) is 4.90 Å². The molecule has 30 heavy (non-hydrogen) atoms. The standard InChI is InChI=1S/C24H24FN3O2/c1-4-21(30)28-9-5-6-15-7-8-16(11-19(15)28)23-18(25)10-17(12-20(26)29)24-22(23)13(2)14(3)27-24/h4,7-8,10-11,27H,1,5-6,9,12H2,2-3H3,(H2,26,29). The predicted molar refractivity (Wildman–Crippen MR) is 117 cm³/mol. The van der Waals surface area contributed by atoms with E-state index < -0.39 is 11.7 Å². The highest BCUT2D eigenvalue weighted by Gasteiger charge is 2.24. The summed E-state index contributed by atoms with van der Waals surface area (Å²) in [6.45, 7) is 8.06. The SMILES string of the molecule is C=CC(=O)N1CCCc2ccc(-c3c(F)cc(CC(N)=O)c4[nH]c(C)c(C)c34)cc21. The number of nitrogens with zero attached hydrogens (tertiary/aromatic N) is 1. The second kappa shape index (κ2) is 7.44. The molecular formula is C24H24FN3O2. The molecule has 0 spiro atoms. The number of nitrogens with one attached hydrogen (secondary N) is 1. The topological polar surface area (TPSA) is 79.2 Å². The summed E-state index contributed by atoms with van der Waals surface area (Å²) < 4.78 is 15.4. The Hall–Kier alpha value is -3.41. The molecule has 0 saturated heterocycles. The molecule has 2 heterocycles. The third-order valence-corrected chi connectivity index (χ3v) is 5.91. The van der Waals surface area contributed by atoms with Crippen LogP contribution in [0.2, 0.25) is 0 Å². The summed E-state index contributed by atoms with van der Waals surface area (Å²) in [5.41, 5.74) is 11.5. The van der Waals surface area contributed by atoms with Crippen molar-refractivity contribution in [2.75, 3.05) is 11.4 Å². The fourth-order valence-electron chi connectivity index (χ4n) is 4.37. The molecule has 0 radical (unpaired) electrons. The molecule has 2 aromatic carbocycles. The number of hydrogen-bond acceptors (Lipinski definition) is 2. The van der Waals surface area contributed by atoms with Crippen LogP contribution in [0.5, 0.6) is 0 Å². The van der Waals surface area contributed by atoms with Gasteiger partial charge in [0, 0.05) is 28.9 Å². The molecule has 154 valence electrons. The van der Waals surface area contributed by atoms with Crippen molar-refractivity contribution in [3.05, 3.63) is 65.1 Å². The van der Waals surface area contributed by atoms with Crippen molar-refractivity contribution >= 4 is 28.4 Å². The van der Waals surface area contributed by atoms with Gasteiger partial charge in [0.15, 0.2) is 0 Å². The molecule has 2 amide bonds. The van der Waals surface area contributed by atoms with Crippen molar-refractivity contribution < 1.29 is 14.0 Å². The number of carbonyl (C=O) groups is 2. The maximum Gasteiger partial charge on any atom is 0.250 e. The maximum atomic E-state index is 15.4. The van der Waals surface area contributed by atoms with Gasteiger partial charge in [0.25, 0.3) is 0 Å². The lowest BCUT2D eigenvalue weighted by molar-refractivity contribution is -0.117. The zero-order valence-electron chi connectivity index (χ0n) is 17.1. The van der Waals surface area contributed by atoms with E-state index in [4.69, 9.17) is 5.73 Å². The van der Waals surface area contributed by atoms with Crippen LogP contribution < -0.4 is 10.6 Å². The average Bonchev–Trinajstić information content (AvgIpc) is 3.01. The van der Waals surface area contributed by atoms with Crippen LogP contribution in [0.3, 0.4) is 0 Å². The van der Waals surface area contributed by atoms with Crippen LogP contribution in [-0.4, -0.2) is 23.3 Å². The number of fused-ring (bicyclic) bond motifs is 2. The number of aromatic amines is 1. The second-order valence-corrected chi connectivity index (χ2v) is 7.80. The Morgan fingerprint density at radius 1 is 1.30 bits per heavy atom. The number of aryl methyl sites for hydroxylation is 3. The molecule has 0 bridgehead atoms. The molecule has 4 rings (SSSR count). The van der Waals surface area contributed by atoms with E-state index in [1.807, 2.05) is 32.0 Å². The average molecular weight is 405 g/mol. The number of primary amides is 1. The highest BCUT2D eigenvalue weighted by Crippen LogP contribution is 2.40. The fourth-order valence-corrected chi connectivity index (χ4v) is 4.37. The van der Waals surface area contributed by atoms with Gasteiger partial charge in [-0.15, -0.1) is 0 Å². The van der Waals surface area contributed by atoms with Gasteiger partial charge in [-0.25, -0.2) is 4.39 Å². The number of aromatic nitrogens is 1. The zero-order chi connectivity index (χ0) is 21.6. The number of H-pyrrole nitrogens is 1. The summed E-state index contributed by atoms with van der Waals surface area (Å²) in [5.74, 6) is -1.09. The first-order valence-electron chi connectivity index (χ1n) is 9.97. The summed E-state index contributed by atoms with van der Waals surface area (Å²) in [7, 11) is 0. The van der Waals surface area contributed by atoms with Crippen LogP contribution in [-0.2, 0) is 22.4 Å². The van der Waals surface area contributed by atoms with E-state index in [2.05, 4.69) is 11.6 Å². The van der Waals surface area contributed by atoms with Crippen molar-refractivity contribution in [2.45, 2.75) is 33.1 Å². The highest BCUT2D eigenvalue weighted by molar-refractivity contribution is 6.04. The number of nitrogens with two attached hydrogens (primary N) is 1. The van der Waals surface area contributed by atoms with Crippen LogP contribution in [0.25, 0.3) is 22.0 Å². The minimum Gasteiger partial charge on any atom is -0.369 e. The number of benzene rings is 2. The lowest BCUT2D eigenvalue weighted by Crippen LogP contribution is -2.34. The molecular weight excluding hydrogens is 381 g/mol. The van der Waals surface area contributed by atoms with Gasteiger partial charge in [-0.3, -0.25) is 9.59 Å². The van der Waals surface area contributed by atoms with Gasteiger partial charge in [0.1, 0.15) is 5.82 Å². The van der Waals surface area contributed by atoms with Crippen LogP contribution in [0.4, 0.5) is 10.1 Å². The van der Waals surface area contributed by atoms with E-state index in [0.29, 0.717) is 23.2 Å². The van der Waals surface area contributed by atoms with E-state index >= 15 is 4.39 Å². The van der Waals surface area contributed by atoms with Gasteiger partial charge in [-0.05, 0) is 67.2 Å². The van der Waals surface area contributed by atoms with Crippen LogP contribution in [0, 0.1) is 19.7 Å². The maximum absolute atomic E-state index is 15.4. The Morgan fingerprint density at radius 3 is 2.77 bits per heavy atom. The normalized spacial score (nSPS) is 13.4. The zero-order valence-corrected chi connectivity index (χ0v) is 17.1. The van der Waals surface area contributed by atoms with Crippen LogP contribution >= 0.6 is 0 Å². The molecule has 1 aliphatic heterocycles. The molecule has 3 N–H and O–H groups in total. The molecule has 0 fully saturated rings. The molecule has 6 heteroatoms. The van der Waals surface area contributed by atoms with Gasteiger partial charge in [-0.1, -0.05) is 18.7 Å². The number of hydrogen-bond donors (Lipinski definition) is 2. The quantitative estimate of drug-likeness (QED) is 0.642. The number of carbonyl (C=O) groups excluding carboxylic acids is 2. The lowest BCUT2D eigenvalue weighted by Gasteiger charge is -2.29. The minimum atomic E-state index is -0.513. The Morgan fingerprint density at radius 2 is 2.07 bits per heavy atom. The molecule has 1 aliphatic rings. The van der Waals surface area contributed by atoms with Crippen molar-refractivity contribution in [3.8, 4) is 11.1 Å². The number of anilines is 1. The van der Waals surface area contributed by atoms with E-state index in [1.165, 1.54) is 12.1 Å². The van der Waals surface area contributed by atoms with E-state index in [9.17, 15) is 9.59 Å². The first-order chi connectivity index (χ1) is 14.3. The van der Waals surface area contributed by atoms with Crippen molar-refractivity contribution in [1.29, 1.82) is 0 Å². The predicted octanol–water partition coefficient (Wildman–Crippen LogP) is 4.08. The number of amides is 2. The Labute approximate surface area is 174 Å². The Bertz CT molecular complexity index is 1210. The van der Waals surface area contributed by atoms with Crippen LogP contribution in [0.15, 0.2) is 36.9 Å². The van der Waals surface area contributed by atoms with Gasteiger partial charge >= 0.3 is 0 Å². The summed E-state index contributed by atoms with van der Waals surface area (Å²) in [6, 6.07) is 7.12. The molecule has 5 nitrogen and oxygen atoms in total. The van der Waals surface area contributed by atoms with Gasteiger partial charge in [0.05, 0.1) is 11.9 Å². The Balaban J connectivity index is 1.97. The second-order valence-electron chi connectivity index (χ2n) is 7.80. The van der Waals surface area contributed by atoms with E-state index in [0.717, 1.165) is 46.3 Å². The molecule has 0 atom stereocenters. The lowest BCUT2D eigenvalue weighted by atomic mass is 9.92. The fraction of sp³-hybridized carbons (Fsp3) is 0.250. The smallest absolute Gasteiger partial charge is 0.250 e. The summed E-state index contributed by atoms with van der Waals surface area (Å²) in [4.78, 5) is 28.8. The van der Waals surface area contributed by atoms with Gasteiger partial charge in [-0.2, -0.15) is 0 Å². The monoisotopic (exact) mass is 405 g/mol. The first kappa shape index (κ1) is 19.9. The van der Waals surface area contributed by atoms with Crippen molar-refractivity contribution in [1.82, 2.24) is 4.98 Å². The van der Waals surface area contributed by atoms with Crippen molar-refractivity contribution in [2.24, 2.45) is 5.73 Å². The minimum absolute atomic E-state index is 0.0428. The molecule has 3 aromatic rings. The van der Waals surface area contributed by atoms with Crippen molar-refractivity contribution in [3.63, 3.8) is 0 Å². The Kier molecular flexibility index (Phi) is 4.94. The molecule has 1 aromatic heterocycles. The highest BCUT2D eigenvalue weighted by atomic mass is 19.1.